The first-order valence-corrected chi connectivity index (χ1v) is 7.18. The van der Waals surface area contributed by atoms with Crippen LogP contribution in [0.3, 0.4) is 0 Å². The van der Waals surface area contributed by atoms with E-state index in [-0.39, 0.29) is 27.9 Å². The Hall–Kier alpha value is -2.87. The number of carbonyl (C=O) groups is 1. The maximum absolute atomic E-state index is 12.8. The van der Waals surface area contributed by atoms with Gasteiger partial charge in [-0.05, 0) is 42.5 Å². The molecule has 0 amide bonds. The van der Waals surface area contributed by atoms with Crippen LogP contribution in [0.1, 0.15) is 15.9 Å². The van der Waals surface area contributed by atoms with Crippen molar-refractivity contribution in [3.63, 3.8) is 0 Å². The molecular formula is C16H8ClF3N2O3. The average molecular weight is 369 g/mol. The second-order valence-electron chi connectivity index (χ2n) is 4.99. The van der Waals surface area contributed by atoms with Crippen LogP contribution < -0.4 is 0 Å². The first-order valence-electron chi connectivity index (χ1n) is 6.80. The molecule has 0 unspecified atom stereocenters. The van der Waals surface area contributed by atoms with Crippen LogP contribution in [-0.2, 0) is 6.18 Å². The van der Waals surface area contributed by atoms with Gasteiger partial charge in [0.15, 0.2) is 0 Å². The van der Waals surface area contributed by atoms with Crippen molar-refractivity contribution >= 4 is 17.6 Å². The standard InChI is InChI=1S/C16H8ClF3N2O3/c17-12-6-5-10(16(18,19)20)7-11(12)14-22-21-13(25-14)8-1-3-9(4-2-8)15(23)24/h1-7H,(H,23,24). The van der Waals surface area contributed by atoms with Gasteiger partial charge >= 0.3 is 12.1 Å². The molecule has 0 atom stereocenters. The zero-order chi connectivity index (χ0) is 18.2. The van der Waals surface area contributed by atoms with Crippen molar-refractivity contribution < 1.29 is 27.5 Å². The van der Waals surface area contributed by atoms with Gasteiger partial charge in [-0.3, -0.25) is 0 Å². The highest BCUT2D eigenvalue weighted by Crippen LogP contribution is 2.36. The van der Waals surface area contributed by atoms with Gasteiger partial charge in [-0.15, -0.1) is 10.2 Å². The number of hydrogen-bond donors (Lipinski definition) is 1. The van der Waals surface area contributed by atoms with Crippen LogP contribution >= 0.6 is 11.6 Å². The number of benzene rings is 2. The predicted octanol–water partition coefficient (Wildman–Crippen LogP) is 4.77. The fraction of sp³-hybridized carbons (Fsp3) is 0.0625. The SMILES string of the molecule is O=C(O)c1ccc(-c2nnc(-c3cc(C(F)(F)F)ccc3Cl)o2)cc1. The van der Waals surface area contributed by atoms with E-state index in [1.807, 2.05) is 0 Å². The lowest BCUT2D eigenvalue weighted by molar-refractivity contribution is -0.137. The summed E-state index contributed by atoms with van der Waals surface area (Å²) >= 11 is 5.93. The van der Waals surface area contributed by atoms with Gasteiger partial charge in [-0.2, -0.15) is 13.2 Å². The summed E-state index contributed by atoms with van der Waals surface area (Å²) in [6, 6.07) is 8.38. The van der Waals surface area contributed by atoms with Crippen LogP contribution in [0.5, 0.6) is 0 Å². The lowest BCUT2D eigenvalue weighted by Gasteiger charge is -2.08. The molecule has 0 fully saturated rings. The molecule has 25 heavy (non-hydrogen) atoms. The Kier molecular flexibility index (Phi) is 4.22. The normalized spacial score (nSPS) is 11.5. The number of halogens is 4. The second kappa shape index (κ2) is 6.21. The summed E-state index contributed by atoms with van der Waals surface area (Å²) in [5.41, 5.74) is -0.439. The highest BCUT2D eigenvalue weighted by molar-refractivity contribution is 6.33. The molecule has 0 saturated heterocycles. The highest BCUT2D eigenvalue weighted by atomic mass is 35.5. The van der Waals surface area contributed by atoms with Gasteiger partial charge in [0.2, 0.25) is 11.8 Å². The minimum absolute atomic E-state index is 0.0282. The fourth-order valence-electron chi connectivity index (χ4n) is 2.07. The summed E-state index contributed by atoms with van der Waals surface area (Å²) in [4.78, 5) is 10.8. The van der Waals surface area contributed by atoms with Crippen molar-refractivity contribution in [2.24, 2.45) is 0 Å². The molecule has 0 saturated carbocycles. The lowest BCUT2D eigenvalue weighted by atomic mass is 10.1. The molecule has 5 nitrogen and oxygen atoms in total. The van der Waals surface area contributed by atoms with Gasteiger partial charge < -0.3 is 9.52 Å². The van der Waals surface area contributed by atoms with Crippen LogP contribution in [0.25, 0.3) is 22.9 Å². The number of carboxylic acids is 1. The third-order valence-corrected chi connectivity index (χ3v) is 3.66. The van der Waals surface area contributed by atoms with Gasteiger partial charge in [0.1, 0.15) is 0 Å². The van der Waals surface area contributed by atoms with Crippen LogP contribution in [0, 0.1) is 0 Å². The van der Waals surface area contributed by atoms with E-state index in [4.69, 9.17) is 21.1 Å². The Balaban J connectivity index is 1.97. The zero-order valence-corrected chi connectivity index (χ0v) is 13.0. The van der Waals surface area contributed by atoms with E-state index in [2.05, 4.69) is 10.2 Å². The summed E-state index contributed by atoms with van der Waals surface area (Å²) in [6.45, 7) is 0. The summed E-state index contributed by atoms with van der Waals surface area (Å²) < 4.78 is 43.9. The molecule has 3 aromatic rings. The fourth-order valence-corrected chi connectivity index (χ4v) is 2.27. The number of nitrogens with zero attached hydrogens (tertiary/aromatic N) is 2. The van der Waals surface area contributed by atoms with Crippen LogP contribution in [0.2, 0.25) is 5.02 Å². The molecule has 1 N–H and O–H groups in total. The van der Waals surface area contributed by atoms with E-state index >= 15 is 0 Å². The number of hydrogen-bond acceptors (Lipinski definition) is 4. The van der Waals surface area contributed by atoms with Crippen LogP contribution in [-0.4, -0.2) is 21.3 Å². The van der Waals surface area contributed by atoms with Gasteiger partial charge in [0.05, 0.1) is 21.7 Å². The van der Waals surface area contributed by atoms with Gasteiger partial charge in [-0.25, -0.2) is 4.79 Å². The van der Waals surface area contributed by atoms with Crippen molar-refractivity contribution in [2.75, 3.05) is 0 Å². The molecule has 0 bridgehead atoms. The van der Waals surface area contributed by atoms with Crippen molar-refractivity contribution in [1.82, 2.24) is 10.2 Å². The molecule has 2 aromatic carbocycles. The first kappa shape index (κ1) is 17.0. The minimum Gasteiger partial charge on any atom is -0.478 e. The number of carboxylic acid groups (broad SMARTS) is 1. The molecule has 1 heterocycles. The van der Waals surface area contributed by atoms with E-state index in [0.717, 1.165) is 18.2 Å². The molecule has 0 radical (unpaired) electrons. The largest absolute Gasteiger partial charge is 0.478 e. The third kappa shape index (κ3) is 3.48. The molecular weight excluding hydrogens is 361 g/mol. The van der Waals surface area contributed by atoms with Gasteiger partial charge in [0.25, 0.3) is 0 Å². The van der Waals surface area contributed by atoms with Crippen molar-refractivity contribution in [1.29, 1.82) is 0 Å². The maximum atomic E-state index is 12.8. The van der Waals surface area contributed by atoms with E-state index in [1.165, 1.54) is 24.3 Å². The smallest absolute Gasteiger partial charge is 0.416 e. The Morgan fingerprint density at radius 2 is 1.68 bits per heavy atom. The van der Waals surface area contributed by atoms with Crippen molar-refractivity contribution in [3.05, 3.63) is 58.6 Å². The summed E-state index contributed by atoms with van der Waals surface area (Å²) in [5.74, 6) is -1.23. The Morgan fingerprint density at radius 1 is 1.04 bits per heavy atom. The maximum Gasteiger partial charge on any atom is 0.416 e. The molecule has 1 aromatic heterocycles. The van der Waals surface area contributed by atoms with E-state index in [1.54, 1.807) is 0 Å². The highest BCUT2D eigenvalue weighted by Gasteiger charge is 2.31. The molecule has 0 aliphatic carbocycles. The number of alkyl halides is 3. The Labute approximate surface area is 143 Å². The van der Waals surface area contributed by atoms with Gasteiger partial charge in [0, 0.05) is 5.56 Å². The Bertz CT molecular complexity index is 937. The van der Waals surface area contributed by atoms with E-state index in [0.29, 0.717) is 5.56 Å². The quantitative estimate of drug-likeness (QED) is 0.720. The molecule has 0 aliphatic heterocycles. The zero-order valence-electron chi connectivity index (χ0n) is 12.2. The predicted molar refractivity (Wildman–Crippen MR) is 82.1 cm³/mol. The Morgan fingerprint density at radius 3 is 2.28 bits per heavy atom. The van der Waals surface area contributed by atoms with E-state index in [9.17, 15) is 18.0 Å². The molecule has 0 spiro atoms. The lowest BCUT2D eigenvalue weighted by Crippen LogP contribution is -2.04. The van der Waals surface area contributed by atoms with Crippen LogP contribution in [0.4, 0.5) is 13.2 Å². The van der Waals surface area contributed by atoms with Crippen LogP contribution in [0.15, 0.2) is 46.9 Å². The van der Waals surface area contributed by atoms with E-state index < -0.39 is 17.7 Å². The molecule has 0 aliphatic rings. The molecule has 128 valence electrons. The minimum atomic E-state index is -4.53. The summed E-state index contributed by atoms with van der Waals surface area (Å²) in [5, 5.41) is 16.4. The summed E-state index contributed by atoms with van der Waals surface area (Å²) in [6.07, 6.45) is -4.53. The van der Waals surface area contributed by atoms with Crippen molar-refractivity contribution in [2.45, 2.75) is 6.18 Å². The third-order valence-electron chi connectivity index (χ3n) is 3.33. The monoisotopic (exact) mass is 368 g/mol. The first-order chi connectivity index (χ1) is 11.8. The summed E-state index contributed by atoms with van der Waals surface area (Å²) in [7, 11) is 0. The second-order valence-corrected chi connectivity index (χ2v) is 5.39. The number of aromatic nitrogens is 2. The molecule has 9 heteroatoms. The van der Waals surface area contributed by atoms with Gasteiger partial charge in [-0.1, -0.05) is 11.6 Å². The van der Waals surface area contributed by atoms with Crippen molar-refractivity contribution in [3.8, 4) is 22.9 Å². The average Bonchev–Trinajstić information content (AvgIpc) is 3.04. The number of rotatable bonds is 3. The molecule has 3 rings (SSSR count). The number of aromatic carboxylic acids is 1. The topological polar surface area (TPSA) is 76.2 Å².